The minimum absolute atomic E-state index is 0.0280. The van der Waals surface area contributed by atoms with Crippen molar-refractivity contribution in [2.75, 3.05) is 0 Å². The zero-order chi connectivity index (χ0) is 42.3. The van der Waals surface area contributed by atoms with Crippen LogP contribution in [-0.2, 0) is 0 Å². The third-order valence-corrected chi connectivity index (χ3v) is 10.4. The van der Waals surface area contributed by atoms with E-state index in [0.29, 0.717) is 22.1 Å². The zero-order valence-corrected chi connectivity index (χ0v) is 26.7. The van der Waals surface area contributed by atoms with Gasteiger partial charge in [0.15, 0.2) is 5.82 Å². The summed E-state index contributed by atoms with van der Waals surface area (Å²) in [6.45, 7) is 0. The molecule has 0 bridgehead atoms. The number of furan rings is 1. The van der Waals surface area contributed by atoms with Gasteiger partial charge in [-0.3, -0.25) is 0 Å². The summed E-state index contributed by atoms with van der Waals surface area (Å²) in [7, 11) is 0. The van der Waals surface area contributed by atoms with Crippen LogP contribution in [0.5, 0.6) is 0 Å². The van der Waals surface area contributed by atoms with Crippen LogP contribution >= 0.6 is 11.3 Å². The number of benzene rings is 8. The number of hydrogen-bond donors (Lipinski definition) is 0. The van der Waals surface area contributed by atoms with Gasteiger partial charge in [0.25, 0.3) is 0 Å². The number of thiophene rings is 1. The molecule has 0 unspecified atom stereocenters. The summed E-state index contributed by atoms with van der Waals surface area (Å²) in [5.74, 6) is 0.0850. The van der Waals surface area contributed by atoms with E-state index in [2.05, 4.69) is 30.3 Å². The minimum Gasteiger partial charge on any atom is -0.455 e. The van der Waals surface area contributed by atoms with Gasteiger partial charge in [0.05, 0.1) is 31.0 Å². The Kier molecular flexibility index (Phi) is 4.01. The lowest BCUT2D eigenvalue weighted by Gasteiger charge is -2.13. The Bertz CT molecular complexity index is 3810. The highest BCUT2D eigenvalue weighted by Gasteiger charge is 2.22. The molecule has 232 valence electrons. The molecule has 0 spiro atoms. The Hall–Kier alpha value is -6.36. The van der Waals surface area contributed by atoms with Crippen LogP contribution < -0.4 is 0 Å². The van der Waals surface area contributed by atoms with Crippen LogP contribution in [0.2, 0.25) is 0 Å². The SMILES string of the molecule is [2H]c1c([2H])c([2H])c2c(sc3c(-c4c([2H])c([2H])c5c([2H])c([2H])c([2H])c([2H])c5c4[2H])nc(-c4cc5c(-c6ccc7ccccc7c6)cccc5c5oc6ccccc6c45)nc32)c1[2H]. The third kappa shape index (κ3) is 4.09. The molecule has 0 aliphatic carbocycles. The van der Waals surface area contributed by atoms with E-state index in [1.807, 2.05) is 60.7 Å². The molecule has 0 aliphatic heterocycles. The zero-order valence-electron chi connectivity index (χ0n) is 36.9. The summed E-state index contributed by atoms with van der Waals surface area (Å²) in [5, 5.41) is 4.78. The summed E-state index contributed by atoms with van der Waals surface area (Å²) in [4.78, 5) is 10.2. The first-order valence-electron chi connectivity index (χ1n) is 21.4. The highest BCUT2D eigenvalue weighted by atomic mass is 32.1. The van der Waals surface area contributed by atoms with Gasteiger partial charge in [0, 0.05) is 37.4 Å². The van der Waals surface area contributed by atoms with E-state index in [1.54, 1.807) is 0 Å². The Morgan fingerprint density at radius 3 is 2.34 bits per heavy atom. The van der Waals surface area contributed by atoms with E-state index in [0.717, 1.165) is 49.4 Å². The van der Waals surface area contributed by atoms with E-state index >= 15 is 0 Å². The molecule has 11 aromatic rings. The fourth-order valence-electron chi connectivity index (χ4n) is 6.98. The van der Waals surface area contributed by atoms with E-state index in [4.69, 9.17) is 26.7 Å². The largest absolute Gasteiger partial charge is 0.455 e. The van der Waals surface area contributed by atoms with Crippen molar-refractivity contribution in [3.8, 4) is 33.8 Å². The lowest BCUT2D eigenvalue weighted by Crippen LogP contribution is -1.95. The average Bonchev–Trinajstić information content (AvgIpc) is 3.87. The van der Waals surface area contributed by atoms with Gasteiger partial charge >= 0.3 is 0 Å². The van der Waals surface area contributed by atoms with Crippen molar-refractivity contribution < 1.29 is 19.5 Å². The van der Waals surface area contributed by atoms with Crippen molar-refractivity contribution in [3.63, 3.8) is 0 Å². The van der Waals surface area contributed by atoms with Gasteiger partial charge in [-0.15, -0.1) is 11.3 Å². The number of para-hydroxylation sites is 1. The monoisotopic (exact) mass is 665 g/mol. The van der Waals surface area contributed by atoms with Crippen molar-refractivity contribution in [2.24, 2.45) is 0 Å². The van der Waals surface area contributed by atoms with Gasteiger partial charge in [-0.25, -0.2) is 9.97 Å². The van der Waals surface area contributed by atoms with Crippen LogP contribution in [0.3, 0.4) is 0 Å². The highest BCUT2D eigenvalue weighted by molar-refractivity contribution is 7.26. The molecule has 3 heterocycles. The minimum atomic E-state index is -0.597. The average molecular weight is 666 g/mol. The lowest BCUT2D eigenvalue weighted by atomic mass is 9.92. The van der Waals surface area contributed by atoms with Gasteiger partial charge < -0.3 is 4.42 Å². The second-order valence-corrected chi connectivity index (χ2v) is 13.1. The molecule has 3 aromatic heterocycles. The number of hydrogen-bond acceptors (Lipinski definition) is 4. The molecule has 0 aliphatic rings. The molecule has 0 saturated carbocycles. The predicted octanol–water partition coefficient (Wildman–Crippen LogP) is 13.2. The molecule has 0 fully saturated rings. The second-order valence-electron chi connectivity index (χ2n) is 12.1. The Morgan fingerprint density at radius 2 is 1.38 bits per heavy atom. The van der Waals surface area contributed by atoms with Crippen molar-refractivity contribution in [1.29, 1.82) is 0 Å². The van der Waals surface area contributed by atoms with Gasteiger partial charge in [-0.2, -0.15) is 0 Å². The maximum absolute atomic E-state index is 9.50. The molecular formula is C46H26N2OS. The van der Waals surface area contributed by atoms with Crippen LogP contribution in [0, 0.1) is 0 Å². The molecule has 11 rings (SSSR count). The van der Waals surface area contributed by atoms with Crippen LogP contribution in [0.25, 0.3) is 108 Å². The number of nitrogens with zero attached hydrogens (tertiary/aromatic N) is 2. The first kappa shape index (κ1) is 19.0. The van der Waals surface area contributed by atoms with Crippen molar-refractivity contribution >= 4 is 85.9 Å². The topological polar surface area (TPSA) is 38.9 Å². The van der Waals surface area contributed by atoms with Gasteiger partial charge in [0.2, 0.25) is 0 Å². The summed E-state index contributed by atoms with van der Waals surface area (Å²) in [6, 6.07) is 24.5. The number of aromatic nitrogens is 2. The number of fused-ring (bicyclic) bond motifs is 10. The summed E-state index contributed by atoms with van der Waals surface area (Å²) >= 11 is 0.970. The van der Waals surface area contributed by atoms with Crippen LogP contribution in [-0.4, -0.2) is 9.97 Å². The predicted molar refractivity (Wildman–Crippen MR) is 211 cm³/mol. The molecule has 3 nitrogen and oxygen atoms in total. The molecule has 0 radical (unpaired) electrons. The van der Waals surface area contributed by atoms with Crippen molar-refractivity contribution in [3.05, 3.63) is 157 Å². The van der Waals surface area contributed by atoms with E-state index in [-0.39, 0.29) is 60.2 Å². The Labute approximate surface area is 306 Å². The molecule has 0 saturated heterocycles. The molecule has 8 aromatic carbocycles. The summed E-state index contributed by atoms with van der Waals surface area (Å²) in [6.07, 6.45) is 0. The molecule has 0 amide bonds. The van der Waals surface area contributed by atoms with Crippen LogP contribution in [0.15, 0.2) is 162 Å². The first-order valence-corrected chi connectivity index (χ1v) is 16.7. The fourth-order valence-corrected chi connectivity index (χ4v) is 8.02. The van der Waals surface area contributed by atoms with Crippen molar-refractivity contribution in [2.45, 2.75) is 0 Å². The number of rotatable bonds is 3. The smallest absolute Gasteiger partial charge is 0.161 e. The quantitative estimate of drug-likeness (QED) is 0.188. The first-order chi connectivity index (χ1) is 29.3. The Morgan fingerprint density at radius 1 is 0.560 bits per heavy atom. The van der Waals surface area contributed by atoms with E-state index < -0.39 is 54.4 Å². The van der Waals surface area contributed by atoms with E-state index in [9.17, 15) is 2.74 Å². The standard InChI is InChI=1S/C46H26N2OS/c1-3-12-29-24-31(22-20-27(29)10-1)33-16-9-17-34-37(33)26-38(41-35-14-5-7-18-39(35)49-44(34)41)46-47-42(32-23-21-28-11-2-4-13-30(28)25-32)45-43(48-46)36-15-6-8-19-40(36)50-45/h1-26H/i2D,4D,6D,8D,11D,13D,15D,19D,21D,23D,25D. The fraction of sp³-hybridized carbons (Fsp3) is 0. The maximum atomic E-state index is 9.50. The summed E-state index contributed by atoms with van der Waals surface area (Å²) in [5.41, 5.74) is 3.40. The molecule has 0 N–H and O–H groups in total. The molecular weight excluding hydrogens is 629 g/mol. The Balaban J connectivity index is 1.33. The lowest BCUT2D eigenvalue weighted by molar-refractivity contribution is 0.672. The maximum Gasteiger partial charge on any atom is 0.161 e. The summed E-state index contributed by atoms with van der Waals surface area (Å²) < 4.78 is 104. The highest BCUT2D eigenvalue weighted by Crippen LogP contribution is 2.45. The molecule has 0 atom stereocenters. The van der Waals surface area contributed by atoms with Gasteiger partial charge in [-0.1, -0.05) is 127 Å². The van der Waals surface area contributed by atoms with Crippen molar-refractivity contribution in [1.82, 2.24) is 9.97 Å². The molecule has 50 heavy (non-hydrogen) atoms. The van der Waals surface area contributed by atoms with Crippen LogP contribution in [0.1, 0.15) is 15.1 Å². The van der Waals surface area contributed by atoms with E-state index in [1.165, 1.54) is 0 Å². The third-order valence-electron chi connectivity index (χ3n) is 9.25. The normalized spacial score (nSPS) is 15.1. The van der Waals surface area contributed by atoms with Gasteiger partial charge in [0.1, 0.15) is 11.2 Å². The van der Waals surface area contributed by atoms with Gasteiger partial charge in [-0.05, 0) is 68.3 Å². The van der Waals surface area contributed by atoms with Crippen LogP contribution in [0.4, 0.5) is 0 Å². The second kappa shape index (κ2) is 10.6. The molecule has 4 heteroatoms.